The van der Waals surface area contributed by atoms with E-state index >= 15 is 0 Å². The molecule has 1 aliphatic heterocycles. The van der Waals surface area contributed by atoms with E-state index in [4.69, 9.17) is 9.47 Å². The number of fused-ring (bicyclic) bond motifs is 1. The third-order valence-electron chi connectivity index (χ3n) is 5.04. The smallest absolute Gasteiger partial charge is 0.222 e. The molecular weight excluding hydrogens is 352 g/mol. The number of hydrogen-bond donors (Lipinski definition) is 1. The van der Waals surface area contributed by atoms with Gasteiger partial charge in [0.25, 0.3) is 0 Å². The van der Waals surface area contributed by atoms with Gasteiger partial charge in [0.1, 0.15) is 12.4 Å². The zero-order chi connectivity index (χ0) is 19.9. The second kappa shape index (κ2) is 9.60. The van der Waals surface area contributed by atoms with Crippen molar-refractivity contribution in [2.75, 3.05) is 31.8 Å². The summed E-state index contributed by atoms with van der Waals surface area (Å²) >= 11 is 0. The molecular formula is C23H30N2O3. The number of rotatable bonds is 8. The van der Waals surface area contributed by atoms with Crippen LogP contribution in [0.4, 0.5) is 5.69 Å². The first-order valence-electron chi connectivity index (χ1n) is 9.88. The monoisotopic (exact) mass is 382 g/mol. The van der Waals surface area contributed by atoms with Crippen molar-refractivity contribution in [3.05, 3.63) is 59.2 Å². The second-order valence-corrected chi connectivity index (χ2v) is 7.45. The summed E-state index contributed by atoms with van der Waals surface area (Å²) in [6, 6.07) is 14.8. The minimum absolute atomic E-state index is 0.000987. The van der Waals surface area contributed by atoms with E-state index < -0.39 is 0 Å². The average molecular weight is 383 g/mol. The molecule has 0 saturated carbocycles. The van der Waals surface area contributed by atoms with E-state index in [1.807, 2.05) is 0 Å². The van der Waals surface area contributed by atoms with E-state index in [-0.39, 0.29) is 11.9 Å². The van der Waals surface area contributed by atoms with E-state index in [0.717, 1.165) is 24.4 Å². The fourth-order valence-corrected chi connectivity index (χ4v) is 3.45. The number of carbonyl (C=O) groups is 1. The molecule has 5 heteroatoms. The first kappa shape index (κ1) is 20.2. The average Bonchev–Trinajstić information content (AvgIpc) is 2.68. The maximum absolute atomic E-state index is 12.4. The molecule has 2 aromatic carbocycles. The number of carbonyl (C=O) groups excluding carboxylic acids is 1. The van der Waals surface area contributed by atoms with Crippen LogP contribution in [0.2, 0.25) is 0 Å². The van der Waals surface area contributed by atoms with E-state index in [0.29, 0.717) is 26.2 Å². The number of benzene rings is 2. The lowest BCUT2D eigenvalue weighted by Gasteiger charge is -2.38. The second-order valence-electron chi connectivity index (χ2n) is 7.45. The summed E-state index contributed by atoms with van der Waals surface area (Å²) in [6.45, 7) is 6.70. The van der Waals surface area contributed by atoms with Crippen molar-refractivity contribution in [3.63, 3.8) is 0 Å². The van der Waals surface area contributed by atoms with E-state index in [9.17, 15) is 4.79 Å². The molecule has 0 fully saturated rings. The first-order chi connectivity index (χ1) is 13.6. The van der Waals surface area contributed by atoms with Crippen LogP contribution in [-0.2, 0) is 16.1 Å². The lowest BCUT2D eigenvalue weighted by atomic mass is 10.0. The SMILES string of the molecule is COCCCNC(=O)CC1COc2cc(C)ccc2N1Cc1ccc(C)cc1. The van der Waals surface area contributed by atoms with Crippen LogP contribution >= 0.6 is 0 Å². The zero-order valence-corrected chi connectivity index (χ0v) is 17.0. The molecule has 5 nitrogen and oxygen atoms in total. The molecule has 3 rings (SSSR count). The van der Waals surface area contributed by atoms with Gasteiger partial charge >= 0.3 is 0 Å². The van der Waals surface area contributed by atoms with Gasteiger partial charge in [-0.2, -0.15) is 0 Å². The Morgan fingerprint density at radius 2 is 1.93 bits per heavy atom. The predicted molar refractivity (Wildman–Crippen MR) is 112 cm³/mol. The molecule has 0 radical (unpaired) electrons. The number of nitrogens with zero attached hydrogens (tertiary/aromatic N) is 1. The Balaban J connectivity index is 1.75. The molecule has 150 valence electrons. The largest absolute Gasteiger partial charge is 0.489 e. The number of hydrogen-bond acceptors (Lipinski definition) is 4. The maximum atomic E-state index is 12.4. The molecule has 1 amide bonds. The van der Waals surface area contributed by atoms with Crippen molar-refractivity contribution >= 4 is 11.6 Å². The number of anilines is 1. The van der Waals surface area contributed by atoms with Crippen molar-refractivity contribution in [1.29, 1.82) is 0 Å². The number of aryl methyl sites for hydroxylation is 2. The first-order valence-corrected chi connectivity index (χ1v) is 9.88. The highest BCUT2D eigenvalue weighted by molar-refractivity contribution is 5.77. The zero-order valence-electron chi connectivity index (χ0n) is 17.0. The summed E-state index contributed by atoms with van der Waals surface area (Å²) in [5.41, 5.74) is 4.69. The molecule has 0 saturated heterocycles. The van der Waals surface area contributed by atoms with Gasteiger partial charge in [0.05, 0.1) is 18.2 Å². The molecule has 0 aliphatic carbocycles. The standard InChI is InChI=1S/C23H30N2O3/c1-17-5-8-19(9-6-17)15-25-20(14-23(26)24-11-4-12-27-3)16-28-22-13-18(2)7-10-21(22)25/h5-10,13,20H,4,11-12,14-16H2,1-3H3,(H,24,26). The van der Waals surface area contributed by atoms with Crippen LogP contribution in [0.3, 0.4) is 0 Å². The lowest BCUT2D eigenvalue weighted by molar-refractivity contribution is -0.121. The minimum atomic E-state index is -0.000987. The van der Waals surface area contributed by atoms with Crippen LogP contribution in [0.1, 0.15) is 29.5 Å². The van der Waals surface area contributed by atoms with Crippen molar-refractivity contribution in [3.8, 4) is 5.75 Å². The fourth-order valence-electron chi connectivity index (χ4n) is 3.45. The lowest BCUT2D eigenvalue weighted by Crippen LogP contribution is -2.45. The summed E-state index contributed by atoms with van der Waals surface area (Å²) in [6.07, 6.45) is 1.23. The molecule has 0 aromatic heterocycles. The van der Waals surface area contributed by atoms with Gasteiger partial charge in [-0.1, -0.05) is 35.9 Å². The van der Waals surface area contributed by atoms with Crippen molar-refractivity contribution < 1.29 is 14.3 Å². The van der Waals surface area contributed by atoms with Gasteiger partial charge in [-0.05, 0) is 43.5 Å². The van der Waals surface area contributed by atoms with Gasteiger partial charge in [-0.25, -0.2) is 0 Å². The third-order valence-corrected chi connectivity index (χ3v) is 5.04. The van der Waals surface area contributed by atoms with Gasteiger partial charge in [-0.3, -0.25) is 4.79 Å². The molecule has 1 atom stereocenters. The normalized spacial score (nSPS) is 15.7. The van der Waals surface area contributed by atoms with E-state index in [2.05, 4.69) is 66.5 Å². The summed E-state index contributed by atoms with van der Waals surface area (Å²) in [4.78, 5) is 14.8. The Morgan fingerprint density at radius 3 is 2.68 bits per heavy atom. The maximum Gasteiger partial charge on any atom is 0.222 e. The van der Waals surface area contributed by atoms with Crippen molar-refractivity contribution in [2.45, 2.75) is 39.3 Å². The van der Waals surface area contributed by atoms with Gasteiger partial charge in [-0.15, -0.1) is 0 Å². The Hall–Kier alpha value is -2.53. The molecule has 0 spiro atoms. The number of nitrogens with one attached hydrogen (secondary N) is 1. The number of methoxy groups -OCH3 is 1. The predicted octanol–water partition coefficient (Wildman–Crippen LogP) is 3.61. The van der Waals surface area contributed by atoms with Gasteiger partial charge in [0, 0.05) is 26.8 Å². The number of ether oxygens (including phenoxy) is 2. The molecule has 1 unspecified atom stereocenters. The molecule has 2 aromatic rings. The molecule has 1 N–H and O–H groups in total. The van der Waals surface area contributed by atoms with Crippen LogP contribution in [0.25, 0.3) is 0 Å². The molecule has 1 heterocycles. The van der Waals surface area contributed by atoms with Gasteiger partial charge in [0.2, 0.25) is 5.91 Å². The van der Waals surface area contributed by atoms with Crippen molar-refractivity contribution in [1.82, 2.24) is 5.32 Å². The summed E-state index contributed by atoms with van der Waals surface area (Å²) in [5, 5.41) is 2.99. The Morgan fingerprint density at radius 1 is 1.18 bits per heavy atom. The Kier molecular flexibility index (Phi) is 6.93. The highest BCUT2D eigenvalue weighted by Gasteiger charge is 2.29. The Labute approximate surface area is 167 Å². The minimum Gasteiger partial charge on any atom is -0.489 e. The van der Waals surface area contributed by atoms with Gasteiger partial charge in [0.15, 0.2) is 0 Å². The fraction of sp³-hybridized carbons (Fsp3) is 0.435. The molecule has 28 heavy (non-hydrogen) atoms. The van der Waals surface area contributed by atoms with Crippen LogP contribution in [0.15, 0.2) is 42.5 Å². The van der Waals surface area contributed by atoms with Crippen LogP contribution in [0, 0.1) is 13.8 Å². The van der Waals surface area contributed by atoms with E-state index in [1.165, 1.54) is 16.7 Å². The summed E-state index contributed by atoms with van der Waals surface area (Å²) < 4.78 is 11.0. The van der Waals surface area contributed by atoms with Crippen LogP contribution in [0.5, 0.6) is 5.75 Å². The summed E-state index contributed by atoms with van der Waals surface area (Å²) in [7, 11) is 1.67. The quantitative estimate of drug-likeness (QED) is 0.709. The summed E-state index contributed by atoms with van der Waals surface area (Å²) in [5.74, 6) is 0.943. The highest BCUT2D eigenvalue weighted by Crippen LogP contribution is 2.36. The van der Waals surface area contributed by atoms with Crippen LogP contribution in [-0.4, -0.2) is 38.8 Å². The van der Waals surface area contributed by atoms with Crippen molar-refractivity contribution in [2.24, 2.45) is 0 Å². The van der Waals surface area contributed by atoms with Crippen LogP contribution < -0.4 is 15.0 Å². The topological polar surface area (TPSA) is 50.8 Å². The van der Waals surface area contributed by atoms with E-state index in [1.54, 1.807) is 7.11 Å². The molecule has 1 aliphatic rings. The third kappa shape index (κ3) is 5.26. The molecule has 0 bridgehead atoms. The Bertz CT molecular complexity index is 789. The highest BCUT2D eigenvalue weighted by atomic mass is 16.5. The van der Waals surface area contributed by atoms with Gasteiger partial charge < -0.3 is 19.7 Å². The number of amides is 1.